The first-order valence-corrected chi connectivity index (χ1v) is 7.07. The quantitative estimate of drug-likeness (QED) is 0.678. The maximum atomic E-state index is 12.7. The second-order valence-electron chi connectivity index (χ2n) is 4.64. The Kier molecular flexibility index (Phi) is 4.37. The minimum atomic E-state index is -4.22. The second kappa shape index (κ2) is 5.68. The number of piperidine rings is 1. The summed E-state index contributed by atoms with van der Waals surface area (Å²) in [7, 11) is 0. The van der Waals surface area contributed by atoms with Crippen molar-refractivity contribution in [3.63, 3.8) is 0 Å². The van der Waals surface area contributed by atoms with E-state index in [1.54, 1.807) is 18.2 Å². The van der Waals surface area contributed by atoms with Crippen LogP contribution in [0.3, 0.4) is 0 Å². The zero-order valence-electron chi connectivity index (χ0n) is 10.1. The molecule has 0 radical (unpaired) electrons. The number of amides is 1. The SMILES string of the molecule is O=C(c1cccc(I)c1)N1CCCC(C(F)(F)F)C1. The standard InChI is InChI=1S/C13H13F3INO/c14-13(15,16)10-4-2-6-18(8-10)12(19)9-3-1-5-11(17)7-9/h1,3,5,7,10H,2,4,6,8H2. The Labute approximate surface area is 123 Å². The lowest BCUT2D eigenvalue weighted by Gasteiger charge is -2.33. The number of rotatable bonds is 1. The van der Waals surface area contributed by atoms with Crippen LogP contribution in [-0.2, 0) is 0 Å². The van der Waals surface area contributed by atoms with E-state index in [1.165, 1.54) is 4.90 Å². The molecule has 1 heterocycles. The molecule has 0 N–H and O–H groups in total. The number of likely N-dealkylation sites (tertiary alicyclic amines) is 1. The van der Waals surface area contributed by atoms with Crippen LogP contribution in [0.4, 0.5) is 13.2 Å². The van der Waals surface area contributed by atoms with Crippen LogP contribution in [-0.4, -0.2) is 30.1 Å². The average Bonchev–Trinajstić information content (AvgIpc) is 2.37. The lowest BCUT2D eigenvalue weighted by molar-refractivity contribution is -0.184. The maximum absolute atomic E-state index is 12.7. The third-order valence-corrected chi connectivity index (χ3v) is 3.91. The van der Waals surface area contributed by atoms with E-state index >= 15 is 0 Å². The molecule has 104 valence electrons. The Morgan fingerprint density at radius 3 is 2.74 bits per heavy atom. The molecule has 1 amide bonds. The van der Waals surface area contributed by atoms with Crippen molar-refractivity contribution in [3.8, 4) is 0 Å². The zero-order valence-corrected chi connectivity index (χ0v) is 12.2. The maximum Gasteiger partial charge on any atom is 0.393 e. The Balaban J connectivity index is 2.11. The fraction of sp³-hybridized carbons (Fsp3) is 0.462. The molecule has 0 aliphatic carbocycles. The van der Waals surface area contributed by atoms with E-state index in [2.05, 4.69) is 22.6 Å². The van der Waals surface area contributed by atoms with Gasteiger partial charge in [0.05, 0.1) is 5.92 Å². The monoisotopic (exact) mass is 383 g/mol. The highest BCUT2D eigenvalue weighted by molar-refractivity contribution is 14.1. The Morgan fingerprint density at radius 2 is 2.11 bits per heavy atom. The number of hydrogen-bond donors (Lipinski definition) is 0. The van der Waals surface area contributed by atoms with Gasteiger partial charge in [-0.3, -0.25) is 4.79 Å². The molecule has 0 saturated carbocycles. The Morgan fingerprint density at radius 1 is 1.37 bits per heavy atom. The van der Waals surface area contributed by atoms with Gasteiger partial charge in [-0.15, -0.1) is 0 Å². The van der Waals surface area contributed by atoms with E-state index in [1.807, 2.05) is 6.07 Å². The van der Waals surface area contributed by atoms with Crippen LogP contribution in [0.2, 0.25) is 0 Å². The number of nitrogens with zero attached hydrogens (tertiary/aromatic N) is 1. The van der Waals surface area contributed by atoms with Crippen molar-refractivity contribution in [2.75, 3.05) is 13.1 Å². The summed E-state index contributed by atoms with van der Waals surface area (Å²) in [5.41, 5.74) is 0.453. The molecule has 1 unspecified atom stereocenters. The van der Waals surface area contributed by atoms with Crippen LogP contribution in [0.25, 0.3) is 0 Å². The molecule has 0 bridgehead atoms. The molecule has 1 saturated heterocycles. The van der Waals surface area contributed by atoms with Crippen molar-refractivity contribution in [2.24, 2.45) is 5.92 Å². The van der Waals surface area contributed by atoms with E-state index in [0.717, 1.165) is 3.57 Å². The normalized spacial score (nSPS) is 20.4. The number of halogens is 4. The minimum Gasteiger partial charge on any atom is -0.338 e. The predicted octanol–water partition coefficient (Wildman–Crippen LogP) is 3.71. The summed E-state index contributed by atoms with van der Waals surface area (Å²) in [5, 5.41) is 0. The molecule has 1 aromatic rings. The Bertz CT molecular complexity index is 475. The summed E-state index contributed by atoms with van der Waals surface area (Å²) < 4.78 is 39.0. The fourth-order valence-corrected chi connectivity index (χ4v) is 2.78. The van der Waals surface area contributed by atoms with Crippen LogP contribution in [0.1, 0.15) is 23.2 Å². The molecule has 2 rings (SSSR count). The van der Waals surface area contributed by atoms with Gasteiger partial charge in [0.2, 0.25) is 0 Å². The lowest BCUT2D eigenvalue weighted by atomic mass is 9.97. The van der Waals surface area contributed by atoms with Gasteiger partial charge in [0.25, 0.3) is 5.91 Å². The molecule has 1 aliphatic heterocycles. The van der Waals surface area contributed by atoms with Gasteiger partial charge in [-0.05, 0) is 53.6 Å². The molecular weight excluding hydrogens is 370 g/mol. The highest BCUT2D eigenvalue weighted by Gasteiger charge is 2.42. The molecule has 1 aliphatic rings. The molecule has 1 aromatic carbocycles. The molecule has 0 aromatic heterocycles. The summed E-state index contributed by atoms with van der Waals surface area (Å²) in [6.07, 6.45) is -3.70. The van der Waals surface area contributed by atoms with Crippen LogP contribution in [0, 0.1) is 9.49 Å². The topological polar surface area (TPSA) is 20.3 Å². The molecular formula is C13H13F3INO. The third-order valence-electron chi connectivity index (χ3n) is 3.24. The number of alkyl halides is 3. The molecule has 1 fully saturated rings. The first-order valence-electron chi connectivity index (χ1n) is 5.99. The fourth-order valence-electron chi connectivity index (χ4n) is 2.23. The second-order valence-corrected chi connectivity index (χ2v) is 5.89. The first kappa shape index (κ1) is 14.6. The largest absolute Gasteiger partial charge is 0.393 e. The van der Waals surface area contributed by atoms with Gasteiger partial charge in [0, 0.05) is 22.2 Å². The van der Waals surface area contributed by atoms with Gasteiger partial charge >= 0.3 is 6.18 Å². The average molecular weight is 383 g/mol. The number of carbonyl (C=O) groups is 1. The van der Waals surface area contributed by atoms with Crippen molar-refractivity contribution in [1.29, 1.82) is 0 Å². The lowest BCUT2D eigenvalue weighted by Crippen LogP contribution is -2.44. The van der Waals surface area contributed by atoms with Crippen LogP contribution in [0.5, 0.6) is 0 Å². The van der Waals surface area contributed by atoms with Crippen molar-refractivity contribution in [2.45, 2.75) is 19.0 Å². The molecule has 19 heavy (non-hydrogen) atoms. The number of hydrogen-bond acceptors (Lipinski definition) is 1. The smallest absolute Gasteiger partial charge is 0.338 e. The van der Waals surface area contributed by atoms with Gasteiger partial charge in [0.15, 0.2) is 0 Å². The van der Waals surface area contributed by atoms with Crippen molar-refractivity contribution < 1.29 is 18.0 Å². The van der Waals surface area contributed by atoms with E-state index in [4.69, 9.17) is 0 Å². The summed E-state index contributed by atoms with van der Waals surface area (Å²) in [6, 6.07) is 6.91. The minimum absolute atomic E-state index is 0.111. The number of benzene rings is 1. The first-order chi connectivity index (χ1) is 8.88. The molecule has 1 atom stereocenters. The van der Waals surface area contributed by atoms with Crippen LogP contribution < -0.4 is 0 Å². The van der Waals surface area contributed by atoms with Crippen molar-refractivity contribution in [1.82, 2.24) is 4.90 Å². The van der Waals surface area contributed by atoms with Gasteiger partial charge in [0.1, 0.15) is 0 Å². The molecule has 0 spiro atoms. The summed E-state index contributed by atoms with van der Waals surface area (Å²) in [6.45, 7) is 0.171. The molecule has 2 nitrogen and oxygen atoms in total. The summed E-state index contributed by atoms with van der Waals surface area (Å²) >= 11 is 2.08. The predicted molar refractivity (Wildman–Crippen MR) is 73.8 cm³/mol. The van der Waals surface area contributed by atoms with E-state index in [9.17, 15) is 18.0 Å². The zero-order chi connectivity index (χ0) is 14.0. The van der Waals surface area contributed by atoms with E-state index < -0.39 is 12.1 Å². The summed E-state index contributed by atoms with van der Waals surface area (Å²) in [5.74, 6) is -1.71. The van der Waals surface area contributed by atoms with E-state index in [-0.39, 0.29) is 18.9 Å². The molecule has 6 heteroatoms. The highest BCUT2D eigenvalue weighted by atomic mass is 127. The van der Waals surface area contributed by atoms with Crippen molar-refractivity contribution >= 4 is 28.5 Å². The Hall–Kier alpha value is -0.790. The number of carbonyl (C=O) groups excluding carboxylic acids is 1. The van der Waals surface area contributed by atoms with Crippen LogP contribution >= 0.6 is 22.6 Å². The van der Waals surface area contributed by atoms with Crippen molar-refractivity contribution in [3.05, 3.63) is 33.4 Å². The summed E-state index contributed by atoms with van der Waals surface area (Å²) in [4.78, 5) is 13.5. The van der Waals surface area contributed by atoms with Gasteiger partial charge in [-0.1, -0.05) is 6.07 Å². The van der Waals surface area contributed by atoms with Crippen LogP contribution in [0.15, 0.2) is 24.3 Å². The van der Waals surface area contributed by atoms with Gasteiger partial charge in [-0.2, -0.15) is 13.2 Å². The third kappa shape index (κ3) is 3.61. The van der Waals surface area contributed by atoms with Gasteiger partial charge < -0.3 is 4.90 Å². The van der Waals surface area contributed by atoms with Gasteiger partial charge in [-0.25, -0.2) is 0 Å². The van der Waals surface area contributed by atoms with E-state index in [0.29, 0.717) is 18.5 Å². The highest BCUT2D eigenvalue weighted by Crippen LogP contribution is 2.33.